The second kappa shape index (κ2) is 10.1. The molecule has 3 rings (SSSR count). The number of ketones is 1. The fraction of sp³-hybridized carbons (Fsp3) is 0.333. The van der Waals surface area contributed by atoms with E-state index in [1.807, 2.05) is 32.0 Å². The van der Waals surface area contributed by atoms with Crippen LogP contribution in [-0.2, 0) is 9.59 Å². The Morgan fingerprint density at radius 1 is 1.19 bits per heavy atom. The zero-order chi connectivity index (χ0) is 23.4. The molecule has 7 nitrogen and oxygen atoms in total. The normalized spacial score (nSPS) is 17.8. The van der Waals surface area contributed by atoms with E-state index in [-0.39, 0.29) is 16.9 Å². The average molecular weight is 459 g/mol. The molecule has 0 aliphatic carbocycles. The molecule has 0 saturated carbocycles. The van der Waals surface area contributed by atoms with Crippen molar-refractivity contribution < 1.29 is 24.2 Å². The van der Waals surface area contributed by atoms with Crippen LogP contribution >= 0.6 is 11.6 Å². The summed E-state index contributed by atoms with van der Waals surface area (Å²) in [7, 11) is 5.23. The van der Waals surface area contributed by atoms with E-state index >= 15 is 0 Å². The first kappa shape index (κ1) is 23.6. The predicted molar refractivity (Wildman–Crippen MR) is 123 cm³/mol. The van der Waals surface area contributed by atoms with E-state index in [1.54, 1.807) is 30.3 Å². The number of carbonyl (C=O) groups is 2. The zero-order valence-corrected chi connectivity index (χ0v) is 19.3. The maximum atomic E-state index is 13.1. The molecule has 1 fully saturated rings. The third-order valence-corrected chi connectivity index (χ3v) is 5.46. The van der Waals surface area contributed by atoms with Gasteiger partial charge in [0.15, 0.2) is 0 Å². The first-order valence-electron chi connectivity index (χ1n) is 10.3. The number of ether oxygens (including phenoxy) is 2. The summed E-state index contributed by atoms with van der Waals surface area (Å²) in [5, 5.41) is 11.6. The Hall–Kier alpha value is -3.03. The number of hydrogen-bond acceptors (Lipinski definition) is 6. The molecular weight excluding hydrogens is 432 g/mol. The van der Waals surface area contributed by atoms with Crippen LogP contribution in [0.3, 0.4) is 0 Å². The topological polar surface area (TPSA) is 79.3 Å². The molecule has 170 valence electrons. The van der Waals surface area contributed by atoms with Crippen molar-refractivity contribution in [3.63, 3.8) is 0 Å². The molecule has 1 amide bonds. The Balaban J connectivity index is 2.21. The monoisotopic (exact) mass is 458 g/mol. The molecule has 2 aromatic carbocycles. The van der Waals surface area contributed by atoms with Crippen LogP contribution in [0.5, 0.6) is 11.5 Å². The number of benzene rings is 2. The van der Waals surface area contributed by atoms with E-state index in [4.69, 9.17) is 21.1 Å². The van der Waals surface area contributed by atoms with Crippen molar-refractivity contribution in [2.45, 2.75) is 13.0 Å². The van der Waals surface area contributed by atoms with Crippen LogP contribution in [0, 0.1) is 0 Å². The van der Waals surface area contributed by atoms with Crippen LogP contribution in [0.4, 0.5) is 0 Å². The number of halogens is 1. The minimum atomic E-state index is -0.779. The van der Waals surface area contributed by atoms with Gasteiger partial charge < -0.3 is 24.4 Å². The van der Waals surface area contributed by atoms with Gasteiger partial charge in [0.25, 0.3) is 11.7 Å². The fourth-order valence-electron chi connectivity index (χ4n) is 3.72. The molecule has 1 aliphatic rings. The van der Waals surface area contributed by atoms with Gasteiger partial charge in [0.2, 0.25) is 0 Å². The van der Waals surface area contributed by atoms with Gasteiger partial charge in [-0.2, -0.15) is 0 Å². The molecule has 1 aliphatic heterocycles. The van der Waals surface area contributed by atoms with Crippen LogP contribution in [0.25, 0.3) is 5.76 Å². The van der Waals surface area contributed by atoms with Gasteiger partial charge in [0.05, 0.1) is 30.9 Å². The van der Waals surface area contributed by atoms with E-state index in [0.29, 0.717) is 41.8 Å². The number of nitrogens with zero attached hydrogens (tertiary/aromatic N) is 2. The molecule has 8 heteroatoms. The lowest BCUT2D eigenvalue weighted by Crippen LogP contribution is -2.35. The SMILES string of the molecule is CCOc1cccc(C2/C(=C(\O)c3cc(Cl)ccc3OC)C(=O)C(=O)N2CCN(C)C)c1. The lowest BCUT2D eigenvalue weighted by Gasteiger charge is -2.27. The van der Waals surface area contributed by atoms with Gasteiger partial charge in [-0.3, -0.25) is 9.59 Å². The smallest absolute Gasteiger partial charge is 0.295 e. The van der Waals surface area contributed by atoms with E-state index in [0.717, 1.165) is 0 Å². The van der Waals surface area contributed by atoms with Gasteiger partial charge in [-0.1, -0.05) is 23.7 Å². The van der Waals surface area contributed by atoms with Crippen molar-refractivity contribution in [1.29, 1.82) is 0 Å². The summed E-state index contributed by atoms with van der Waals surface area (Å²) in [5.74, 6) is -0.796. The Morgan fingerprint density at radius 3 is 2.59 bits per heavy atom. The highest BCUT2D eigenvalue weighted by atomic mass is 35.5. The Morgan fingerprint density at radius 2 is 1.94 bits per heavy atom. The first-order chi connectivity index (χ1) is 15.3. The van der Waals surface area contributed by atoms with E-state index < -0.39 is 17.7 Å². The van der Waals surface area contributed by atoms with Crippen LogP contribution in [-0.4, -0.2) is 67.5 Å². The molecule has 1 N–H and O–H groups in total. The highest BCUT2D eigenvalue weighted by Crippen LogP contribution is 2.42. The average Bonchev–Trinajstić information content (AvgIpc) is 3.02. The van der Waals surface area contributed by atoms with Crippen LogP contribution in [0.2, 0.25) is 5.02 Å². The van der Waals surface area contributed by atoms with Gasteiger partial charge in [-0.25, -0.2) is 0 Å². The zero-order valence-electron chi connectivity index (χ0n) is 18.6. The largest absolute Gasteiger partial charge is 0.507 e. The quantitative estimate of drug-likeness (QED) is 0.369. The molecular formula is C24H27ClN2O5. The molecule has 1 heterocycles. The van der Waals surface area contributed by atoms with Gasteiger partial charge in [-0.05, 0) is 56.9 Å². The maximum absolute atomic E-state index is 13.1. The van der Waals surface area contributed by atoms with Gasteiger partial charge in [0, 0.05) is 18.1 Å². The van der Waals surface area contributed by atoms with Crippen molar-refractivity contribution >= 4 is 29.1 Å². The van der Waals surface area contributed by atoms with E-state index in [2.05, 4.69) is 0 Å². The second-order valence-electron chi connectivity index (χ2n) is 7.65. The minimum absolute atomic E-state index is 0.0111. The minimum Gasteiger partial charge on any atom is -0.507 e. The van der Waals surface area contributed by atoms with Crippen molar-refractivity contribution in [2.24, 2.45) is 0 Å². The molecule has 1 unspecified atom stereocenters. The molecule has 0 radical (unpaired) electrons. The number of aliphatic hydroxyl groups is 1. The van der Waals surface area contributed by atoms with Gasteiger partial charge in [0.1, 0.15) is 17.3 Å². The summed E-state index contributed by atoms with van der Waals surface area (Å²) in [6, 6.07) is 11.1. The Kier molecular flexibility index (Phi) is 7.43. The van der Waals surface area contributed by atoms with Crippen LogP contribution < -0.4 is 9.47 Å². The summed E-state index contributed by atoms with van der Waals surface area (Å²) in [6.07, 6.45) is 0. The van der Waals surface area contributed by atoms with E-state index in [9.17, 15) is 14.7 Å². The fourth-order valence-corrected chi connectivity index (χ4v) is 3.89. The standard InChI is InChI=1S/C24H27ClN2O5/c1-5-32-17-8-6-7-15(13-17)21-20(23(29)24(30)27(21)12-11-26(2)3)22(28)18-14-16(25)9-10-19(18)31-4/h6-10,13-14,21,28H,5,11-12H2,1-4H3/b22-20+. The third kappa shape index (κ3) is 4.74. The number of rotatable bonds is 8. The van der Waals surface area contributed by atoms with Crippen molar-refractivity contribution in [3.05, 3.63) is 64.2 Å². The summed E-state index contributed by atoms with van der Waals surface area (Å²) >= 11 is 6.14. The van der Waals surface area contributed by atoms with Crippen molar-refractivity contribution in [2.75, 3.05) is 40.9 Å². The van der Waals surface area contributed by atoms with Crippen LogP contribution in [0.15, 0.2) is 48.0 Å². The number of likely N-dealkylation sites (tertiary alicyclic amines) is 1. The van der Waals surface area contributed by atoms with Crippen LogP contribution in [0.1, 0.15) is 24.1 Å². The second-order valence-corrected chi connectivity index (χ2v) is 8.08. The maximum Gasteiger partial charge on any atom is 0.295 e. The number of likely N-dealkylation sites (N-methyl/N-ethyl adjacent to an activating group) is 1. The number of methoxy groups -OCH3 is 1. The lowest BCUT2D eigenvalue weighted by molar-refractivity contribution is -0.140. The third-order valence-electron chi connectivity index (χ3n) is 5.23. The lowest BCUT2D eigenvalue weighted by atomic mass is 9.95. The van der Waals surface area contributed by atoms with Gasteiger partial charge in [-0.15, -0.1) is 0 Å². The summed E-state index contributed by atoms with van der Waals surface area (Å²) in [4.78, 5) is 29.5. The molecule has 32 heavy (non-hydrogen) atoms. The molecule has 0 spiro atoms. The molecule has 0 bridgehead atoms. The first-order valence-corrected chi connectivity index (χ1v) is 10.7. The molecule has 1 atom stereocenters. The Bertz CT molecular complexity index is 1050. The van der Waals surface area contributed by atoms with E-state index in [1.165, 1.54) is 18.1 Å². The predicted octanol–water partition coefficient (Wildman–Crippen LogP) is 3.73. The number of Topliss-reactive ketones (excluding diaryl/α,β-unsaturated/α-hetero) is 1. The van der Waals surface area contributed by atoms with Crippen molar-refractivity contribution in [3.8, 4) is 11.5 Å². The molecule has 2 aromatic rings. The summed E-state index contributed by atoms with van der Waals surface area (Å²) < 4.78 is 11.0. The number of aliphatic hydroxyl groups excluding tert-OH is 1. The number of carbonyl (C=O) groups excluding carboxylic acids is 2. The van der Waals surface area contributed by atoms with Crippen molar-refractivity contribution in [1.82, 2.24) is 9.80 Å². The molecule has 1 saturated heterocycles. The summed E-state index contributed by atoms with van der Waals surface area (Å²) in [6.45, 7) is 3.21. The highest BCUT2D eigenvalue weighted by molar-refractivity contribution is 6.46. The number of amides is 1. The Labute approximate surface area is 192 Å². The summed E-state index contributed by atoms with van der Waals surface area (Å²) in [5.41, 5.74) is 0.899. The highest BCUT2D eigenvalue weighted by Gasteiger charge is 2.46. The molecule has 0 aromatic heterocycles. The number of hydrogen-bond donors (Lipinski definition) is 1. The van der Waals surface area contributed by atoms with Gasteiger partial charge >= 0.3 is 0 Å².